The van der Waals surface area contributed by atoms with E-state index in [9.17, 15) is 0 Å². The Hall–Kier alpha value is -6.96. The monoisotopic (exact) mass is 768 g/mol. The van der Waals surface area contributed by atoms with Crippen molar-refractivity contribution >= 4 is 13.3 Å². The van der Waals surface area contributed by atoms with Crippen LogP contribution in [0.25, 0.3) is 66.8 Å². The molecule has 0 atom stereocenters. The Morgan fingerprint density at radius 3 is 1.10 bits per heavy atom. The van der Waals surface area contributed by atoms with Crippen molar-refractivity contribution in [3.05, 3.63) is 246 Å². The first-order valence-electron chi connectivity index (χ1n) is 20.8. The molecule has 0 nitrogen and oxygen atoms in total. The molecule has 0 N–H and O–H groups in total. The van der Waals surface area contributed by atoms with Gasteiger partial charge < -0.3 is 0 Å². The van der Waals surface area contributed by atoms with E-state index in [0.29, 0.717) is 0 Å². The Kier molecular flexibility index (Phi) is 12.2. The van der Waals surface area contributed by atoms with E-state index in [1.54, 1.807) is 0 Å². The maximum Gasteiger partial charge on any atom is 0.113 e. The highest BCUT2D eigenvalue weighted by atomic mass is 14.2. The van der Waals surface area contributed by atoms with Gasteiger partial charge in [-0.05, 0) is 153 Å². The fraction of sp³-hybridized carbons (Fsp3) is 0.0847. The van der Waals surface area contributed by atoms with Crippen LogP contribution < -0.4 is 5.46 Å². The largest absolute Gasteiger partial charge is 0.113 e. The van der Waals surface area contributed by atoms with Crippen LogP contribution in [0.3, 0.4) is 0 Å². The van der Waals surface area contributed by atoms with Gasteiger partial charge >= 0.3 is 0 Å². The van der Waals surface area contributed by atoms with E-state index in [-0.39, 0.29) is 0 Å². The molecule has 1 heteroatoms. The average Bonchev–Trinajstić information content (AvgIpc) is 3.29. The van der Waals surface area contributed by atoms with Crippen LogP contribution in [-0.4, -0.2) is 7.85 Å². The van der Waals surface area contributed by atoms with Crippen LogP contribution in [0.2, 0.25) is 0 Å². The van der Waals surface area contributed by atoms with Crippen molar-refractivity contribution in [1.82, 2.24) is 0 Å². The van der Waals surface area contributed by atoms with Crippen LogP contribution in [0, 0.1) is 27.7 Å². The molecular weight excluding hydrogens is 719 g/mol. The van der Waals surface area contributed by atoms with Crippen molar-refractivity contribution in [2.24, 2.45) is 0 Å². The molecule has 0 saturated heterocycles. The number of benzene rings is 9. The molecule has 0 aliphatic carbocycles. The van der Waals surface area contributed by atoms with Gasteiger partial charge in [0.15, 0.2) is 0 Å². The molecule has 0 fully saturated rings. The summed E-state index contributed by atoms with van der Waals surface area (Å²) in [6, 6.07) is 76.3. The van der Waals surface area contributed by atoms with Gasteiger partial charge in [-0.15, -0.1) is 0 Å². The molecule has 60 heavy (non-hydrogen) atoms. The molecule has 9 rings (SSSR count). The summed E-state index contributed by atoms with van der Waals surface area (Å²) in [5.41, 5.74) is 23.6. The maximum absolute atomic E-state index is 5.63. The standard InChI is InChI=1S/C46H38.C13H11B/c1-32-19-22-38(36-15-9-5-10-16-36)28-43(32)44-29-40(23-20-33(44)2)41-24-21-34(3)45(30-41)46-31-39(37-17-11-6-12-18-37)25-26-42(46)27-35-13-7-4-8-14-35;1-10-2-4-11(5-3-10)12-6-8-13(14)9-7-12/h4-26,28-31H,27H2,1-3H3;2-9H,1H3. The van der Waals surface area contributed by atoms with Gasteiger partial charge in [0.25, 0.3) is 0 Å². The molecule has 0 amide bonds. The van der Waals surface area contributed by atoms with E-state index < -0.39 is 0 Å². The van der Waals surface area contributed by atoms with E-state index in [1.807, 2.05) is 24.3 Å². The number of hydrogen-bond acceptors (Lipinski definition) is 0. The predicted octanol–water partition coefficient (Wildman–Crippen LogP) is 15.0. The van der Waals surface area contributed by atoms with Gasteiger partial charge in [0.2, 0.25) is 0 Å². The van der Waals surface area contributed by atoms with Crippen LogP contribution in [0.1, 0.15) is 33.4 Å². The van der Waals surface area contributed by atoms with Gasteiger partial charge in [-0.3, -0.25) is 0 Å². The van der Waals surface area contributed by atoms with E-state index in [0.717, 1.165) is 11.9 Å². The smallest absolute Gasteiger partial charge is 0.0966 e. The summed E-state index contributed by atoms with van der Waals surface area (Å²) in [7, 11) is 5.63. The summed E-state index contributed by atoms with van der Waals surface area (Å²) in [6.07, 6.45) is 0.890. The number of aryl methyl sites for hydroxylation is 4. The van der Waals surface area contributed by atoms with E-state index in [4.69, 9.17) is 7.85 Å². The molecule has 0 aliphatic rings. The molecule has 0 saturated carbocycles. The van der Waals surface area contributed by atoms with Crippen LogP contribution in [-0.2, 0) is 6.42 Å². The summed E-state index contributed by atoms with van der Waals surface area (Å²) in [5, 5.41) is 0. The Bertz CT molecular complexity index is 2790. The lowest BCUT2D eigenvalue weighted by Crippen LogP contribution is -1.99. The Morgan fingerprint density at radius 1 is 0.300 bits per heavy atom. The van der Waals surface area contributed by atoms with Gasteiger partial charge in [0.1, 0.15) is 7.85 Å². The molecular formula is C59H49B. The van der Waals surface area contributed by atoms with Crippen molar-refractivity contribution in [2.45, 2.75) is 34.1 Å². The fourth-order valence-electron chi connectivity index (χ4n) is 7.93. The molecule has 9 aromatic rings. The second kappa shape index (κ2) is 18.3. The molecule has 0 spiro atoms. The lowest BCUT2D eigenvalue weighted by atomic mass is 9.87. The van der Waals surface area contributed by atoms with Gasteiger partial charge in [-0.1, -0.05) is 199 Å². The van der Waals surface area contributed by atoms with Gasteiger partial charge in [-0.25, -0.2) is 0 Å². The van der Waals surface area contributed by atoms with Crippen molar-refractivity contribution in [1.29, 1.82) is 0 Å². The minimum atomic E-state index is 0.806. The Labute approximate surface area is 358 Å². The summed E-state index contributed by atoms with van der Waals surface area (Å²) < 4.78 is 0. The highest BCUT2D eigenvalue weighted by Crippen LogP contribution is 2.38. The molecule has 0 aliphatic heterocycles. The topological polar surface area (TPSA) is 0 Å². The molecule has 0 bridgehead atoms. The summed E-state index contributed by atoms with van der Waals surface area (Å²) >= 11 is 0. The highest BCUT2D eigenvalue weighted by Gasteiger charge is 2.15. The van der Waals surface area contributed by atoms with Gasteiger partial charge in [0, 0.05) is 0 Å². The van der Waals surface area contributed by atoms with Crippen molar-refractivity contribution < 1.29 is 0 Å². The highest BCUT2D eigenvalue weighted by molar-refractivity contribution is 6.32. The Morgan fingerprint density at radius 2 is 0.633 bits per heavy atom. The van der Waals surface area contributed by atoms with E-state index in [2.05, 4.69) is 216 Å². The fourth-order valence-corrected chi connectivity index (χ4v) is 7.93. The van der Waals surface area contributed by atoms with Crippen LogP contribution in [0.4, 0.5) is 0 Å². The van der Waals surface area contributed by atoms with Gasteiger partial charge in [0.05, 0.1) is 0 Å². The first-order chi connectivity index (χ1) is 29.3. The van der Waals surface area contributed by atoms with Crippen LogP contribution in [0.5, 0.6) is 0 Å². The predicted molar refractivity (Wildman–Crippen MR) is 259 cm³/mol. The van der Waals surface area contributed by atoms with Crippen LogP contribution in [0.15, 0.2) is 212 Å². The summed E-state index contributed by atoms with van der Waals surface area (Å²) in [4.78, 5) is 0. The van der Waals surface area contributed by atoms with Crippen LogP contribution >= 0.6 is 0 Å². The molecule has 0 aromatic heterocycles. The second-order valence-electron chi connectivity index (χ2n) is 15.8. The molecule has 288 valence electrons. The zero-order chi connectivity index (χ0) is 41.4. The number of hydrogen-bond donors (Lipinski definition) is 0. The quantitative estimate of drug-likeness (QED) is 0.135. The van der Waals surface area contributed by atoms with E-state index >= 15 is 0 Å². The first-order valence-corrected chi connectivity index (χ1v) is 20.8. The lowest BCUT2D eigenvalue weighted by Gasteiger charge is -2.17. The third-order valence-electron chi connectivity index (χ3n) is 11.5. The first kappa shape index (κ1) is 39.9. The second-order valence-corrected chi connectivity index (χ2v) is 15.8. The van der Waals surface area contributed by atoms with Crippen molar-refractivity contribution in [3.63, 3.8) is 0 Å². The molecule has 9 aromatic carbocycles. The zero-order valence-electron chi connectivity index (χ0n) is 35.0. The minimum Gasteiger partial charge on any atom is -0.0966 e. The van der Waals surface area contributed by atoms with E-state index in [1.165, 1.54) is 100 Å². The summed E-state index contributed by atoms with van der Waals surface area (Å²) in [6.45, 7) is 8.76. The normalized spacial score (nSPS) is 10.8. The zero-order valence-corrected chi connectivity index (χ0v) is 35.0. The average molecular weight is 769 g/mol. The lowest BCUT2D eigenvalue weighted by molar-refractivity contribution is 1.19. The SMILES string of the molecule is Cc1ccc(-c2ccccc2)cc1-c1cc(-c2ccc(C)c(-c3cc(-c4ccccc4)ccc3Cc3ccccc3)c2)ccc1C.[B]c1ccc(-c2ccc(C)cc2)cc1. The minimum absolute atomic E-state index is 0.806. The molecule has 0 unspecified atom stereocenters. The summed E-state index contributed by atoms with van der Waals surface area (Å²) in [5.74, 6) is 0. The van der Waals surface area contributed by atoms with Crippen molar-refractivity contribution in [2.75, 3.05) is 0 Å². The maximum atomic E-state index is 5.63. The third kappa shape index (κ3) is 9.33. The number of rotatable bonds is 8. The molecule has 2 radical (unpaired) electrons. The van der Waals surface area contributed by atoms with Gasteiger partial charge in [-0.2, -0.15) is 0 Å². The Balaban J connectivity index is 0.000000301. The third-order valence-corrected chi connectivity index (χ3v) is 11.5. The van der Waals surface area contributed by atoms with Crippen molar-refractivity contribution in [3.8, 4) is 66.8 Å². The molecule has 0 heterocycles.